The number of carbonyl (C=O) groups excluding carboxylic acids is 1. The van der Waals surface area contributed by atoms with Crippen LogP contribution in [0.15, 0.2) is 42.6 Å². The summed E-state index contributed by atoms with van der Waals surface area (Å²) in [4.78, 5) is 20.8. The molecule has 3 atom stereocenters. The summed E-state index contributed by atoms with van der Waals surface area (Å²) >= 11 is 0. The molecule has 0 spiro atoms. The summed E-state index contributed by atoms with van der Waals surface area (Å²) in [6.07, 6.45) is 6.49. The molecule has 1 saturated heterocycles. The zero-order valence-electron chi connectivity index (χ0n) is 23.7. The molecule has 3 fully saturated rings. The van der Waals surface area contributed by atoms with Crippen LogP contribution in [-0.2, 0) is 13.6 Å². The zero-order chi connectivity index (χ0) is 28.0. The summed E-state index contributed by atoms with van der Waals surface area (Å²) < 4.78 is 10.4. The second-order valence-corrected chi connectivity index (χ2v) is 12.2. The van der Waals surface area contributed by atoms with Crippen LogP contribution in [0.5, 0.6) is 5.75 Å². The van der Waals surface area contributed by atoms with Crippen molar-refractivity contribution in [2.75, 3.05) is 13.7 Å². The molecule has 1 amide bonds. The highest BCUT2D eigenvalue weighted by Gasteiger charge is 2.47. The lowest BCUT2D eigenvalue weighted by molar-refractivity contribution is 0.0700. The highest BCUT2D eigenvalue weighted by molar-refractivity contribution is 6.00. The van der Waals surface area contributed by atoms with E-state index in [4.69, 9.17) is 15.5 Å². The lowest BCUT2D eigenvalue weighted by atomic mass is 10.1. The number of aryl methyl sites for hydroxylation is 2. The number of amides is 1. The maximum atomic E-state index is 13.7. The normalized spacial score (nSPS) is 22.0. The predicted octanol–water partition coefficient (Wildman–Crippen LogP) is 4.87. The van der Waals surface area contributed by atoms with E-state index in [0.29, 0.717) is 23.1 Å². The Morgan fingerprint density at radius 3 is 2.68 bits per heavy atom. The van der Waals surface area contributed by atoms with E-state index in [1.807, 2.05) is 30.3 Å². The number of ether oxygens (including phenoxy) is 1. The van der Waals surface area contributed by atoms with E-state index in [1.54, 1.807) is 7.11 Å². The summed E-state index contributed by atoms with van der Waals surface area (Å²) in [7, 11) is 3.69. The molecule has 3 N–H and O–H groups in total. The summed E-state index contributed by atoms with van der Waals surface area (Å²) in [5, 5.41) is 8.48. The van der Waals surface area contributed by atoms with E-state index in [1.165, 1.54) is 23.7 Å². The van der Waals surface area contributed by atoms with E-state index in [9.17, 15) is 4.79 Å². The molecule has 9 nitrogen and oxygen atoms in total. The van der Waals surface area contributed by atoms with E-state index in [-0.39, 0.29) is 18.0 Å². The number of hydrogen-bond acceptors (Lipinski definition) is 5. The Kier molecular flexibility index (Phi) is 5.38. The molecule has 5 aromatic rings. The van der Waals surface area contributed by atoms with E-state index >= 15 is 0 Å². The van der Waals surface area contributed by atoms with Gasteiger partial charge in [-0.1, -0.05) is 12.1 Å². The highest BCUT2D eigenvalue weighted by atomic mass is 16.5. The SMILES string of the molecule is COc1cc(C(=O)N2CC3CCC2C3N)cc2nc(-c3cc4ccc(-c5cn[nH]c5C)cc4n3CC3CC3)n(C)c12. The van der Waals surface area contributed by atoms with Gasteiger partial charge in [0.15, 0.2) is 5.82 Å². The fourth-order valence-corrected chi connectivity index (χ4v) is 7.27. The number of nitrogens with zero attached hydrogens (tertiary/aromatic N) is 5. The number of carbonyl (C=O) groups is 1. The zero-order valence-corrected chi connectivity index (χ0v) is 23.7. The van der Waals surface area contributed by atoms with E-state index in [2.05, 4.69) is 50.5 Å². The van der Waals surface area contributed by atoms with Crippen LogP contribution < -0.4 is 10.5 Å². The molecule has 3 aliphatic rings. The minimum atomic E-state index is 0.0185. The number of rotatable bonds is 6. The smallest absolute Gasteiger partial charge is 0.254 e. The second-order valence-electron chi connectivity index (χ2n) is 12.2. The van der Waals surface area contributed by atoms with Crippen LogP contribution in [0.25, 0.3) is 44.6 Å². The first kappa shape index (κ1) is 24.7. The molecule has 3 unspecified atom stereocenters. The highest BCUT2D eigenvalue weighted by Crippen LogP contribution is 2.41. The van der Waals surface area contributed by atoms with Gasteiger partial charge in [-0.05, 0) is 74.3 Å². The molecule has 4 heterocycles. The number of piperidine rings is 1. The number of H-pyrrole nitrogens is 1. The van der Waals surface area contributed by atoms with Gasteiger partial charge in [0.1, 0.15) is 11.3 Å². The number of imidazole rings is 1. The molecule has 1 aliphatic heterocycles. The Balaban J connectivity index is 1.25. The molecule has 2 aliphatic carbocycles. The number of nitrogens with one attached hydrogen (secondary N) is 1. The number of likely N-dealkylation sites (tertiary alicyclic amines) is 1. The van der Waals surface area contributed by atoms with Crippen molar-refractivity contribution in [2.45, 2.75) is 51.2 Å². The fraction of sp³-hybridized carbons (Fsp3) is 0.406. The minimum absolute atomic E-state index is 0.0185. The van der Waals surface area contributed by atoms with Gasteiger partial charge in [0, 0.05) is 59.9 Å². The van der Waals surface area contributed by atoms with Crippen LogP contribution in [0.1, 0.15) is 41.7 Å². The van der Waals surface area contributed by atoms with E-state index in [0.717, 1.165) is 65.3 Å². The topological polar surface area (TPSA) is 107 Å². The minimum Gasteiger partial charge on any atom is -0.494 e. The molecule has 41 heavy (non-hydrogen) atoms. The number of nitrogens with two attached hydrogens (primary N) is 1. The van der Waals surface area contributed by atoms with Crippen molar-refractivity contribution in [1.82, 2.24) is 29.2 Å². The summed E-state index contributed by atoms with van der Waals surface area (Å²) in [5.41, 5.74) is 14.3. The Bertz CT molecular complexity index is 1840. The Morgan fingerprint density at radius 2 is 2.00 bits per heavy atom. The number of aromatic nitrogens is 5. The predicted molar refractivity (Wildman–Crippen MR) is 159 cm³/mol. The summed E-state index contributed by atoms with van der Waals surface area (Å²) in [6.45, 7) is 3.74. The molecule has 0 radical (unpaired) electrons. The second kappa shape index (κ2) is 8.94. The van der Waals surface area contributed by atoms with Crippen LogP contribution in [0, 0.1) is 18.8 Å². The molecule has 2 bridgehead atoms. The molecule has 8 rings (SSSR count). The summed E-state index contributed by atoms with van der Waals surface area (Å²) in [5.74, 6) is 2.62. The van der Waals surface area contributed by atoms with Crippen molar-refractivity contribution in [3.05, 3.63) is 53.9 Å². The molecular formula is C32H35N7O2. The van der Waals surface area contributed by atoms with Crippen molar-refractivity contribution >= 4 is 27.8 Å². The van der Waals surface area contributed by atoms with Gasteiger partial charge in [-0.25, -0.2) is 4.98 Å². The number of aromatic amines is 1. The molecule has 3 aromatic heterocycles. The van der Waals surface area contributed by atoms with Crippen molar-refractivity contribution in [3.63, 3.8) is 0 Å². The molecule has 210 valence electrons. The Hall–Kier alpha value is -4.11. The van der Waals surface area contributed by atoms with Crippen LogP contribution in [0.2, 0.25) is 0 Å². The first-order chi connectivity index (χ1) is 19.9. The third-order valence-corrected chi connectivity index (χ3v) is 9.73. The van der Waals surface area contributed by atoms with Gasteiger partial charge >= 0.3 is 0 Å². The van der Waals surface area contributed by atoms with Crippen LogP contribution in [0.4, 0.5) is 0 Å². The fourth-order valence-electron chi connectivity index (χ4n) is 7.27. The van der Waals surface area contributed by atoms with Gasteiger partial charge in [0.05, 0.1) is 24.5 Å². The Labute approximate surface area is 238 Å². The average molecular weight is 550 g/mol. The standard InChI is InChI=1S/C32H35N7O2/c1-17-23(14-34-36-17)19-6-7-20-12-27(38(26(20)11-19)15-18-4-5-18)31-35-24-10-22(13-28(41-3)30(24)37(31)2)32(40)39-16-21-8-9-25(39)29(21)33/h6-7,10-14,18,21,25,29H,4-5,8-9,15-16,33H2,1-3H3,(H,34,36). The van der Waals surface area contributed by atoms with Crippen LogP contribution in [0.3, 0.4) is 0 Å². The van der Waals surface area contributed by atoms with E-state index < -0.39 is 0 Å². The monoisotopic (exact) mass is 549 g/mol. The molecule has 2 saturated carbocycles. The van der Waals surface area contributed by atoms with Gasteiger partial charge in [0.25, 0.3) is 5.91 Å². The summed E-state index contributed by atoms with van der Waals surface area (Å²) in [6, 6.07) is 12.9. The van der Waals surface area contributed by atoms with Crippen molar-refractivity contribution in [3.8, 4) is 28.4 Å². The maximum absolute atomic E-state index is 13.7. The van der Waals surface area contributed by atoms with Gasteiger partial charge in [-0.3, -0.25) is 9.89 Å². The quantitative estimate of drug-likeness (QED) is 0.314. The molecular weight excluding hydrogens is 514 g/mol. The number of hydrogen-bond donors (Lipinski definition) is 2. The van der Waals surface area contributed by atoms with Gasteiger partial charge < -0.3 is 24.5 Å². The van der Waals surface area contributed by atoms with Gasteiger partial charge in [-0.15, -0.1) is 0 Å². The van der Waals surface area contributed by atoms with Crippen LogP contribution >= 0.6 is 0 Å². The average Bonchev–Trinajstić information content (AvgIpc) is 3.23. The maximum Gasteiger partial charge on any atom is 0.254 e. The molecule has 9 heteroatoms. The van der Waals surface area contributed by atoms with Crippen molar-refractivity contribution < 1.29 is 9.53 Å². The largest absolute Gasteiger partial charge is 0.494 e. The first-order valence-corrected chi connectivity index (χ1v) is 14.7. The number of methoxy groups -OCH3 is 1. The van der Waals surface area contributed by atoms with Gasteiger partial charge in [0.2, 0.25) is 0 Å². The first-order valence-electron chi connectivity index (χ1n) is 14.7. The Morgan fingerprint density at radius 1 is 1.15 bits per heavy atom. The lowest BCUT2D eigenvalue weighted by Crippen LogP contribution is -2.41. The van der Waals surface area contributed by atoms with Gasteiger partial charge in [-0.2, -0.15) is 5.10 Å². The number of fused-ring (bicyclic) bond motifs is 4. The van der Waals surface area contributed by atoms with Crippen molar-refractivity contribution in [1.29, 1.82) is 0 Å². The third-order valence-electron chi connectivity index (χ3n) is 9.73. The third kappa shape index (κ3) is 3.75. The lowest BCUT2D eigenvalue weighted by Gasteiger charge is -2.27. The number of benzene rings is 2. The molecule has 2 aromatic carbocycles. The van der Waals surface area contributed by atoms with Crippen LogP contribution in [-0.4, -0.2) is 60.9 Å². The van der Waals surface area contributed by atoms with Crippen molar-refractivity contribution in [2.24, 2.45) is 24.6 Å².